The predicted molar refractivity (Wildman–Crippen MR) is 67.6 cm³/mol. The van der Waals surface area contributed by atoms with Crippen LogP contribution < -0.4 is 20.5 Å². The van der Waals surface area contributed by atoms with Crippen molar-refractivity contribution in [2.75, 3.05) is 13.7 Å². The van der Waals surface area contributed by atoms with Crippen molar-refractivity contribution in [3.05, 3.63) is 23.8 Å². The minimum Gasteiger partial charge on any atom is -0.497 e. The van der Waals surface area contributed by atoms with E-state index in [0.29, 0.717) is 6.61 Å². The first-order chi connectivity index (χ1) is 8.61. The minimum absolute atomic E-state index is 0.0614. The SMILES string of the molecule is COc1ccc2c(c1)C(NC(C)C(N)=O)CCO2. The Morgan fingerprint density at radius 2 is 2.39 bits per heavy atom. The molecule has 0 saturated carbocycles. The minimum atomic E-state index is -0.368. The number of ether oxygens (including phenoxy) is 2. The Morgan fingerprint density at radius 1 is 1.61 bits per heavy atom. The fraction of sp³-hybridized carbons (Fsp3) is 0.462. The van der Waals surface area contributed by atoms with Gasteiger partial charge in [-0.3, -0.25) is 10.1 Å². The number of fused-ring (bicyclic) bond motifs is 1. The summed E-state index contributed by atoms with van der Waals surface area (Å²) >= 11 is 0. The molecule has 2 unspecified atom stereocenters. The molecule has 0 saturated heterocycles. The van der Waals surface area contributed by atoms with Gasteiger partial charge in [-0.05, 0) is 25.1 Å². The van der Waals surface area contributed by atoms with Crippen LogP contribution >= 0.6 is 0 Å². The van der Waals surface area contributed by atoms with Crippen molar-refractivity contribution in [3.63, 3.8) is 0 Å². The van der Waals surface area contributed by atoms with Gasteiger partial charge in [-0.2, -0.15) is 0 Å². The lowest BCUT2D eigenvalue weighted by Gasteiger charge is -2.28. The highest BCUT2D eigenvalue weighted by molar-refractivity contribution is 5.79. The standard InChI is InChI=1S/C13H18N2O3/c1-8(13(14)16)15-11-5-6-18-12-4-3-9(17-2)7-10(11)12/h3-4,7-8,11,15H,5-6H2,1-2H3,(H2,14,16). The molecule has 0 radical (unpaired) electrons. The van der Waals surface area contributed by atoms with Crippen molar-refractivity contribution >= 4 is 5.91 Å². The highest BCUT2D eigenvalue weighted by Gasteiger charge is 2.24. The van der Waals surface area contributed by atoms with Gasteiger partial charge in [0, 0.05) is 18.0 Å². The molecule has 0 aromatic heterocycles. The first kappa shape index (κ1) is 12.7. The monoisotopic (exact) mass is 250 g/mol. The number of carbonyl (C=O) groups excluding carboxylic acids is 1. The van der Waals surface area contributed by atoms with Crippen LogP contribution in [0.2, 0.25) is 0 Å². The maximum atomic E-state index is 11.1. The van der Waals surface area contributed by atoms with Crippen LogP contribution in [0.4, 0.5) is 0 Å². The van der Waals surface area contributed by atoms with Gasteiger partial charge in [0.25, 0.3) is 0 Å². The summed E-state index contributed by atoms with van der Waals surface area (Å²) in [6, 6.07) is 5.37. The molecule has 0 fully saturated rings. The van der Waals surface area contributed by atoms with Gasteiger partial charge >= 0.3 is 0 Å². The first-order valence-electron chi connectivity index (χ1n) is 5.98. The third-order valence-electron chi connectivity index (χ3n) is 3.13. The molecule has 5 heteroatoms. The normalized spacial score (nSPS) is 19.6. The number of benzene rings is 1. The van der Waals surface area contributed by atoms with Crippen molar-refractivity contribution in [2.45, 2.75) is 25.4 Å². The van der Waals surface area contributed by atoms with E-state index in [1.165, 1.54) is 0 Å². The van der Waals surface area contributed by atoms with E-state index < -0.39 is 0 Å². The van der Waals surface area contributed by atoms with E-state index >= 15 is 0 Å². The summed E-state index contributed by atoms with van der Waals surface area (Å²) < 4.78 is 10.8. The second-order valence-corrected chi connectivity index (χ2v) is 4.38. The number of nitrogens with one attached hydrogen (secondary N) is 1. The molecule has 1 aliphatic heterocycles. The molecule has 2 rings (SSSR count). The number of carbonyl (C=O) groups is 1. The third-order valence-corrected chi connectivity index (χ3v) is 3.13. The lowest BCUT2D eigenvalue weighted by atomic mass is 9.99. The van der Waals surface area contributed by atoms with E-state index in [1.54, 1.807) is 14.0 Å². The van der Waals surface area contributed by atoms with Crippen molar-refractivity contribution in [2.24, 2.45) is 5.73 Å². The number of rotatable bonds is 4. The molecule has 2 atom stereocenters. The topological polar surface area (TPSA) is 73.6 Å². The second kappa shape index (κ2) is 5.27. The lowest BCUT2D eigenvalue weighted by Crippen LogP contribution is -2.42. The summed E-state index contributed by atoms with van der Waals surface area (Å²) in [6.45, 7) is 2.39. The lowest BCUT2D eigenvalue weighted by molar-refractivity contribution is -0.119. The van der Waals surface area contributed by atoms with Gasteiger partial charge < -0.3 is 15.2 Å². The van der Waals surface area contributed by atoms with Crippen LogP contribution in [-0.4, -0.2) is 25.7 Å². The molecule has 1 amide bonds. The van der Waals surface area contributed by atoms with E-state index in [1.807, 2.05) is 18.2 Å². The maximum Gasteiger partial charge on any atom is 0.234 e. The smallest absolute Gasteiger partial charge is 0.234 e. The van der Waals surface area contributed by atoms with Crippen LogP contribution in [0.5, 0.6) is 11.5 Å². The molecule has 1 aromatic rings. The zero-order chi connectivity index (χ0) is 13.1. The fourth-order valence-corrected chi connectivity index (χ4v) is 2.06. The van der Waals surface area contributed by atoms with Crippen molar-refractivity contribution < 1.29 is 14.3 Å². The molecular weight excluding hydrogens is 232 g/mol. The number of amides is 1. The second-order valence-electron chi connectivity index (χ2n) is 4.38. The highest BCUT2D eigenvalue weighted by Crippen LogP contribution is 2.34. The third kappa shape index (κ3) is 2.56. The van der Waals surface area contributed by atoms with Crippen LogP contribution in [0.1, 0.15) is 24.9 Å². The molecule has 0 bridgehead atoms. The van der Waals surface area contributed by atoms with Gasteiger partial charge in [0.2, 0.25) is 5.91 Å². The quantitative estimate of drug-likeness (QED) is 0.835. The average molecular weight is 250 g/mol. The molecule has 18 heavy (non-hydrogen) atoms. The van der Waals surface area contributed by atoms with E-state index in [0.717, 1.165) is 23.5 Å². The van der Waals surface area contributed by atoms with Crippen molar-refractivity contribution in [1.82, 2.24) is 5.32 Å². The van der Waals surface area contributed by atoms with Gasteiger partial charge in [0.05, 0.1) is 19.8 Å². The zero-order valence-electron chi connectivity index (χ0n) is 10.6. The molecule has 1 aromatic carbocycles. The molecular formula is C13H18N2O3. The first-order valence-corrected chi connectivity index (χ1v) is 5.98. The van der Waals surface area contributed by atoms with Crippen LogP contribution in [0.25, 0.3) is 0 Å². The Hall–Kier alpha value is -1.75. The van der Waals surface area contributed by atoms with E-state index in [2.05, 4.69) is 5.32 Å². The summed E-state index contributed by atoms with van der Waals surface area (Å²) in [5.41, 5.74) is 6.28. The van der Waals surface area contributed by atoms with E-state index in [4.69, 9.17) is 15.2 Å². The molecule has 98 valence electrons. The zero-order valence-corrected chi connectivity index (χ0v) is 10.6. The number of nitrogens with two attached hydrogens (primary N) is 1. The number of methoxy groups -OCH3 is 1. The van der Waals surface area contributed by atoms with E-state index in [-0.39, 0.29) is 18.0 Å². The summed E-state index contributed by atoms with van der Waals surface area (Å²) in [5.74, 6) is 1.25. The Morgan fingerprint density at radius 3 is 3.06 bits per heavy atom. The molecule has 3 N–H and O–H groups in total. The van der Waals surface area contributed by atoms with Crippen LogP contribution in [0, 0.1) is 0 Å². The van der Waals surface area contributed by atoms with Gasteiger partial charge in [-0.25, -0.2) is 0 Å². The Bertz CT molecular complexity index is 448. The van der Waals surface area contributed by atoms with Gasteiger partial charge in [0.15, 0.2) is 0 Å². The maximum absolute atomic E-state index is 11.1. The average Bonchev–Trinajstić information content (AvgIpc) is 2.38. The van der Waals surface area contributed by atoms with Gasteiger partial charge in [0.1, 0.15) is 11.5 Å². The Labute approximate surface area is 106 Å². The largest absolute Gasteiger partial charge is 0.497 e. The molecule has 0 spiro atoms. The molecule has 1 aliphatic rings. The van der Waals surface area contributed by atoms with Crippen LogP contribution in [-0.2, 0) is 4.79 Å². The van der Waals surface area contributed by atoms with Gasteiger partial charge in [-0.15, -0.1) is 0 Å². The summed E-state index contributed by atoms with van der Waals surface area (Å²) in [7, 11) is 1.62. The number of hydrogen-bond acceptors (Lipinski definition) is 4. The van der Waals surface area contributed by atoms with Crippen molar-refractivity contribution in [1.29, 1.82) is 0 Å². The van der Waals surface area contributed by atoms with Crippen LogP contribution in [0.15, 0.2) is 18.2 Å². The molecule has 0 aliphatic carbocycles. The number of primary amides is 1. The van der Waals surface area contributed by atoms with E-state index in [9.17, 15) is 4.79 Å². The highest BCUT2D eigenvalue weighted by atomic mass is 16.5. The molecule has 1 heterocycles. The van der Waals surface area contributed by atoms with Crippen LogP contribution in [0.3, 0.4) is 0 Å². The number of hydrogen-bond donors (Lipinski definition) is 2. The van der Waals surface area contributed by atoms with Crippen molar-refractivity contribution in [3.8, 4) is 11.5 Å². The predicted octanol–water partition coefficient (Wildman–Crippen LogP) is 0.982. The summed E-state index contributed by atoms with van der Waals surface area (Å²) in [6.07, 6.45) is 0.803. The summed E-state index contributed by atoms with van der Waals surface area (Å²) in [5, 5.41) is 3.22. The Kier molecular flexibility index (Phi) is 3.72. The van der Waals surface area contributed by atoms with Gasteiger partial charge in [-0.1, -0.05) is 0 Å². The summed E-state index contributed by atoms with van der Waals surface area (Å²) in [4.78, 5) is 11.1. The molecule has 5 nitrogen and oxygen atoms in total. The fourth-order valence-electron chi connectivity index (χ4n) is 2.06. The Balaban J connectivity index is 2.23.